The molecule has 1 aliphatic carbocycles. The lowest BCUT2D eigenvalue weighted by molar-refractivity contribution is 0.0855. The van der Waals surface area contributed by atoms with E-state index in [1.807, 2.05) is 34.9 Å². The van der Waals surface area contributed by atoms with Gasteiger partial charge in [0.2, 0.25) is 0 Å². The number of carbonyl (C=O) groups is 2. The highest BCUT2D eigenvalue weighted by Crippen LogP contribution is 2.36. The minimum atomic E-state index is -0.582. The van der Waals surface area contributed by atoms with Crippen molar-refractivity contribution >= 4 is 34.3 Å². The van der Waals surface area contributed by atoms with Crippen molar-refractivity contribution in [2.75, 3.05) is 0 Å². The smallest absolute Gasteiger partial charge is 0.267 e. The van der Waals surface area contributed by atoms with Crippen LogP contribution in [0.1, 0.15) is 64.7 Å². The summed E-state index contributed by atoms with van der Waals surface area (Å²) in [5.41, 5.74) is 8.95. The molecule has 4 rings (SSSR count). The van der Waals surface area contributed by atoms with Crippen LogP contribution in [-0.4, -0.2) is 21.2 Å². The van der Waals surface area contributed by atoms with E-state index in [1.165, 1.54) is 0 Å². The van der Waals surface area contributed by atoms with E-state index in [4.69, 9.17) is 17.3 Å². The van der Waals surface area contributed by atoms with Crippen LogP contribution in [0.4, 0.5) is 0 Å². The molecule has 6 heteroatoms. The molecule has 0 unspecified atom stereocenters. The van der Waals surface area contributed by atoms with Crippen molar-refractivity contribution in [2.45, 2.75) is 45.6 Å². The topological polar surface area (TPSA) is 78.0 Å². The third-order valence-corrected chi connectivity index (χ3v) is 6.13. The molecule has 1 aromatic carbocycles. The highest BCUT2D eigenvalue weighted by molar-refractivity contribution is 6.31. The van der Waals surface area contributed by atoms with Crippen LogP contribution < -0.4 is 5.73 Å². The van der Waals surface area contributed by atoms with Crippen LogP contribution in [0, 0.1) is 5.92 Å². The lowest BCUT2D eigenvalue weighted by atomic mass is 9.79. The number of halogens is 1. The molecular weight excluding hydrogens is 386 g/mol. The molecule has 0 bridgehead atoms. The van der Waals surface area contributed by atoms with Crippen molar-refractivity contribution in [2.24, 2.45) is 11.7 Å². The zero-order valence-corrected chi connectivity index (χ0v) is 17.2. The minimum Gasteiger partial charge on any atom is -0.364 e. The summed E-state index contributed by atoms with van der Waals surface area (Å²) in [7, 11) is 0. The molecule has 5 nitrogen and oxygen atoms in total. The van der Waals surface area contributed by atoms with Crippen molar-refractivity contribution in [1.82, 2.24) is 9.55 Å². The van der Waals surface area contributed by atoms with Crippen molar-refractivity contribution < 1.29 is 9.59 Å². The summed E-state index contributed by atoms with van der Waals surface area (Å²) in [6, 6.07) is 11.1. The lowest BCUT2D eigenvalue weighted by Gasteiger charge is -2.24. The Morgan fingerprint density at radius 3 is 2.59 bits per heavy atom. The van der Waals surface area contributed by atoms with Crippen LogP contribution in [0.25, 0.3) is 11.0 Å². The Morgan fingerprint density at radius 1 is 1.21 bits per heavy atom. The zero-order valence-electron chi connectivity index (χ0n) is 16.5. The molecule has 2 heterocycles. The number of Topliss-reactive ketones (excluding diaryl/α,β-unsaturated/α-hetero) is 1. The van der Waals surface area contributed by atoms with Crippen LogP contribution in [0.3, 0.4) is 0 Å². The highest BCUT2D eigenvalue weighted by Gasteiger charge is 2.32. The first kappa shape index (κ1) is 19.6. The number of hydrogen-bond acceptors (Lipinski definition) is 3. The Morgan fingerprint density at radius 2 is 1.97 bits per heavy atom. The van der Waals surface area contributed by atoms with E-state index in [-0.39, 0.29) is 17.4 Å². The molecule has 0 atom stereocenters. The van der Waals surface area contributed by atoms with Crippen molar-refractivity contribution in [3.05, 3.63) is 63.9 Å². The molecule has 29 heavy (non-hydrogen) atoms. The number of primary amides is 1. The molecule has 2 aromatic heterocycles. The number of nitrogens with two attached hydrogens (primary N) is 1. The summed E-state index contributed by atoms with van der Waals surface area (Å²) in [4.78, 5) is 29.6. The van der Waals surface area contributed by atoms with E-state index in [0.29, 0.717) is 17.2 Å². The molecular formula is C23H24ClN3O2. The van der Waals surface area contributed by atoms with Gasteiger partial charge in [-0.25, -0.2) is 4.98 Å². The Kier molecular flexibility index (Phi) is 5.41. The van der Waals surface area contributed by atoms with Crippen LogP contribution in [-0.2, 0) is 13.0 Å². The number of carbonyl (C=O) groups excluding carboxylic acids is 2. The maximum atomic E-state index is 13.3. The minimum absolute atomic E-state index is 0.0841. The second-order valence-electron chi connectivity index (χ2n) is 7.67. The zero-order chi connectivity index (χ0) is 20.5. The van der Waals surface area contributed by atoms with E-state index in [1.54, 1.807) is 6.07 Å². The number of ketones is 1. The summed E-state index contributed by atoms with van der Waals surface area (Å²) in [5, 5.41) is 1.46. The molecule has 1 amide bonds. The Bertz CT molecular complexity index is 1100. The lowest BCUT2D eigenvalue weighted by Crippen LogP contribution is -2.23. The molecule has 1 saturated carbocycles. The third-order valence-electron chi connectivity index (χ3n) is 5.76. The van der Waals surface area contributed by atoms with Gasteiger partial charge in [-0.1, -0.05) is 49.6 Å². The maximum absolute atomic E-state index is 13.3. The monoisotopic (exact) mass is 409 g/mol. The molecule has 2 N–H and O–H groups in total. The van der Waals surface area contributed by atoms with Gasteiger partial charge in [0.15, 0.2) is 5.78 Å². The maximum Gasteiger partial charge on any atom is 0.267 e. The first-order valence-electron chi connectivity index (χ1n) is 10.1. The molecule has 0 spiro atoms. The summed E-state index contributed by atoms with van der Waals surface area (Å²) in [6.07, 6.45) is 4.62. The summed E-state index contributed by atoms with van der Waals surface area (Å²) in [6.45, 7) is 2.58. The molecule has 3 aromatic rings. The van der Waals surface area contributed by atoms with Crippen LogP contribution in [0.5, 0.6) is 0 Å². The van der Waals surface area contributed by atoms with Gasteiger partial charge in [0.1, 0.15) is 11.3 Å². The van der Waals surface area contributed by atoms with E-state index in [2.05, 4.69) is 11.9 Å². The fraction of sp³-hybridized carbons (Fsp3) is 0.348. The summed E-state index contributed by atoms with van der Waals surface area (Å²) < 4.78 is 2.04. The fourth-order valence-electron chi connectivity index (χ4n) is 4.02. The van der Waals surface area contributed by atoms with Crippen LogP contribution in [0.15, 0.2) is 36.4 Å². The van der Waals surface area contributed by atoms with Gasteiger partial charge >= 0.3 is 0 Å². The van der Waals surface area contributed by atoms with Gasteiger partial charge in [-0.2, -0.15) is 0 Å². The van der Waals surface area contributed by atoms with Crippen LogP contribution >= 0.6 is 11.6 Å². The number of aromatic nitrogens is 2. The second kappa shape index (κ2) is 7.99. The predicted octanol–water partition coefficient (Wildman–Crippen LogP) is 4.77. The molecule has 0 radical (unpaired) electrons. The van der Waals surface area contributed by atoms with E-state index < -0.39 is 5.91 Å². The highest BCUT2D eigenvalue weighted by atomic mass is 35.5. The van der Waals surface area contributed by atoms with Gasteiger partial charge in [-0.15, -0.1) is 0 Å². The predicted molar refractivity (Wildman–Crippen MR) is 114 cm³/mol. The van der Waals surface area contributed by atoms with Crippen molar-refractivity contribution in [3.63, 3.8) is 0 Å². The fourth-order valence-corrected chi connectivity index (χ4v) is 4.21. The molecule has 0 aliphatic heterocycles. The number of hydrogen-bond donors (Lipinski definition) is 1. The Balaban J connectivity index is 1.95. The SMILES string of the molecule is CCCc1c(C(=O)C2CCC2)c2ccc(C(N)=O)nc2n1Cc1ccccc1Cl. The first-order valence-corrected chi connectivity index (χ1v) is 10.5. The standard InChI is InChI=1S/C23H24ClN3O2/c1-2-6-19-20(21(28)14-8-5-9-14)16-11-12-18(22(25)29)26-23(16)27(19)13-15-7-3-4-10-17(15)24/h3-4,7,10-12,14H,2,5-6,8-9,13H2,1H3,(H2,25,29). The Hall–Kier alpha value is -2.66. The normalized spacial score (nSPS) is 14.1. The average Bonchev–Trinajstić information content (AvgIpc) is 2.95. The van der Waals surface area contributed by atoms with E-state index >= 15 is 0 Å². The number of amides is 1. The average molecular weight is 410 g/mol. The molecule has 1 fully saturated rings. The Labute approximate surface area is 174 Å². The van der Waals surface area contributed by atoms with Gasteiger partial charge in [0.05, 0.1) is 6.54 Å². The van der Waals surface area contributed by atoms with E-state index in [0.717, 1.165) is 54.3 Å². The number of pyridine rings is 1. The number of benzene rings is 1. The number of fused-ring (bicyclic) bond motifs is 1. The van der Waals surface area contributed by atoms with Gasteiger partial charge in [0, 0.05) is 27.6 Å². The second-order valence-corrected chi connectivity index (χ2v) is 8.08. The number of nitrogens with zero attached hydrogens (tertiary/aromatic N) is 2. The molecule has 1 aliphatic rings. The molecule has 0 saturated heterocycles. The van der Waals surface area contributed by atoms with Crippen molar-refractivity contribution in [1.29, 1.82) is 0 Å². The van der Waals surface area contributed by atoms with Gasteiger partial charge in [-0.3, -0.25) is 9.59 Å². The molecule has 150 valence electrons. The van der Waals surface area contributed by atoms with E-state index in [9.17, 15) is 9.59 Å². The quantitative estimate of drug-likeness (QED) is 0.571. The van der Waals surface area contributed by atoms with Crippen LogP contribution in [0.2, 0.25) is 5.02 Å². The van der Waals surface area contributed by atoms with Gasteiger partial charge in [-0.05, 0) is 43.0 Å². The largest absolute Gasteiger partial charge is 0.364 e. The first-order chi connectivity index (χ1) is 14.0. The third kappa shape index (κ3) is 3.55. The summed E-state index contributed by atoms with van der Waals surface area (Å²) >= 11 is 6.41. The number of rotatable bonds is 7. The van der Waals surface area contributed by atoms with Gasteiger partial charge in [0.25, 0.3) is 5.91 Å². The van der Waals surface area contributed by atoms with Crippen molar-refractivity contribution in [3.8, 4) is 0 Å². The summed E-state index contributed by atoms with van der Waals surface area (Å²) in [5.74, 6) is -0.307. The van der Waals surface area contributed by atoms with Gasteiger partial charge < -0.3 is 10.3 Å².